The molecule has 0 spiro atoms. The van der Waals surface area contributed by atoms with Crippen LogP contribution in [0, 0.1) is 0 Å². The molecule has 5 nitrogen and oxygen atoms in total. The van der Waals surface area contributed by atoms with Crippen LogP contribution in [0.1, 0.15) is 12.8 Å². The molecule has 1 aliphatic rings. The van der Waals surface area contributed by atoms with Gasteiger partial charge in [0, 0.05) is 0 Å². The number of carbonyl (C=O) groups excluding carboxylic acids is 1. The van der Waals surface area contributed by atoms with Crippen LogP contribution in [0.15, 0.2) is 24.5 Å². The van der Waals surface area contributed by atoms with E-state index in [4.69, 9.17) is 0 Å². The van der Waals surface area contributed by atoms with E-state index in [1.54, 1.807) is 6.33 Å². The Kier molecular flexibility index (Phi) is 2.53. The monoisotopic (exact) mass is 230 g/mol. The average molecular weight is 230 g/mol. The Hall–Kier alpha value is -1.88. The number of fused-ring (bicyclic) bond motifs is 1. The Morgan fingerprint density at radius 1 is 1.47 bits per heavy atom. The molecule has 1 amide bonds. The molecule has 0 bridgehead atoms. The van der Waals surface area contributed by atoms with Crippen LogP contribution in [0.4, 0.5) is 5.69 Å². The minimum Gasteiger partial charge on any atom is -0.345 e. The number of nitrogens with one attached hydrogen (secondary N) is 3. The summed E-state index contributed by atoms with van der Waals surface area (Å²) in [5, 5.41) is 6.11. The second-order valence-corrected chi connectivity index (χ2v) is 4.24. The minimum absolute atomic E-state index is 0.0259. The van der Waals surface area contributed by atoms with Crippen LogP contribution in [0.3, 0.4) is 0 Å². The lowest BCUT2D eigenvalue weighted by molar-refractivity contribution is -0.117. The minimum atomic E-state index is -0.0656. The third-order valence-corrected chi connectivity index (χ3v) is 3.08. The molecule has 0 radical (unpaired) electrons. The van der Waals surface area contributed by atoms with Gasteiger partial charge < -0.3 is 15.6 Å². The van der Waals surface area contributed by atoms with E-state index >= 15 is 0 Å². The maximum absolute atomic E-state index is 12.0. The largest absolute Gasteiger partial charge is 0.345 e. The smallest absolute Gasteiger partial charge is 0.241 e. The van der Waals surface area contributed by atoms with E-state index in [1.807, 2.05) is 18.2 Å². The molecule has 1 aromatic heterocycles. The Bertz CT molecular complexity index is 542. The molecule has 3 rings (SSSR count). The number of para-hydroxylation sites is 1. The van der Waals surface area contributed by atoms with Gasteiger partial charge in [0.15, 0.2) is 0 Å². The van der Waals surface area contributed by atoms with E-state index in [0.717, 1.165) is 36.1 Å². The number of benzene rings is 1. The number of H-pyrrole nitrogens is 1. The summed E-state index contributed by atoms with van der Waals surface area (Å²) in [5.41, 5.74) is 2.50. The van der Waals surface area contributed by atoms with Crippen LogP contribution in [0.25, 0.3) is 11.0 Å². The maximum atomic E-state index is 12.0. The summed E-state index contributed by atoms with van der Waals surface area (Å²) >= 11 is 0. The topological polar surface area (TPSA) is 69.8 Å². The highest BCUT2D eigenvalue weighted by atomic mass is 16.2. The number of amides is 1. The summed E-state index contributed by atoms with van der Waals surface area (Å²) in [4.78, 5) is 19.2. The van der Waals surface area contributed by atoms with Crippen LogP contribution in [0.5, 0.6) is 0 Å². The van der Waals surface area contributed by atoms with Gasteiger partial charge in [0.1, 0.15) is 5.52 Å². The molecule has 17 heavy (non-hydrogen) atoms. The molecule has 2 aromatic rings. The fraction of sp³-hybridized carbons (Fsp3) is 0.333. The Morgan fingerprint density at radius 2 is 2.41 bits per heavy atom. The van der Waals surface area contributed by atoms with Gasteiger partial charge in [-0.1, -0.05) is 6.07 Å². The number of hydrogen-bond acceptors (Lipinski definition) is 3. The van der Waals surface area contributed by atoms with E-state index in [-0.39, 0.29) is 11.9 Å². The van der Waals surface area contributed by atoms with E-state index in [9.17, 15) is 4.79 Å². The summed E-state index contributed by atoms with van der Waals surface area (Å²) in [6.45, 7) is 0.921. The Morgan fingerprint density at radius 3 is 3.24 bits per heavy atom. The first kappa shape index (κ1) is 10.3. The molecule has 1 saturated heterocycles. The van der Waals surface area contributed by atoms with Gasteiger partial charge in [-0.25, -0.2) is 4.98 Å². The molecule has 1 aromatic carbocycles. The Labute approximate surface area is 98.6 Å². The first-order valence-corrected chi connectivity index (χ1v) is 5.81. The normalized spacial score (nSPS) is 19.6. The van der Waals surface area contributed by atoms with Crippen molar-refractivity contribution in [1.29, 1.82) is 0 Å². The molecule has 1 unspecified atom stereocenters. The number of carbonyl (C=O) groups is 1. The third kappa shape index (κ3) is 1.89. The van der Waals surface area contributed by atoms with Gasteiger partial charge in [-0.15, -0.1) is 0 Å². The van der Waals surface area contributed by atoms with Crippen molar-refractivity contribution in [2.75, 3.05) is 11.9 Å². The summed E-state index contributed by atoms with van der Waals surface area (Å²) in [7, 11) is 0. The van der Waals surface area contributed by atoms with Crippen LogP contribution in [-0.2, 0) is 4.79 Å². The highest BCUT2D eigenvalue weighted by Crippen LogP contribution is 2.20. The maximum Gasteiger partial charge on any atom is 0.241 e. The first-order chi connectivity index (χ1) is 8.34. The molecule has 3 N–H and O–H groups in total. The lowest BCUT2D eigenvalue weighted by Crippen LogP contribution is -2.35. The molecule has 88 valence electrons. The average Bonchev–Trinajstić information content (AvgIpc) is 3.00. The number of hydrogen-bond donors (Lipinski definition) is 3. The van der Waals surface area contributed by atoms with Crippen LogP contribution < -0.4 is 10.6 Å². The zero-order chi connectivity index (χ0) is 11.7. The van der Waals surface area contributed by atoms with E-state index in [1.165, 1.54) is 0 Å². The van der Waals surface area contributed by atoms with Gasteiger partial charge in [-0.3, -0.25) is 4.79 Å². The molecule has 1 atom stereocenters. The molecule has 1 fully saturated rings. The van der Waals surface area contributed by atoms with E-state index in [0.29, 0.717) is 0 Å². The van der Waals surface area contributed by atoms with Crippen molar-refractivity contribution in [3.63, 3.8) is 0 Å². The van der Waals surface area contributed by atoms with E-state index in [2.05, 4.69) is 20.6 Å². The van der Waals surface area contributed by atoms with Crippen molar-refractivity contribution < 1.29 is 4.79 Å². The number of imidazole rings is 1. The predicted octanol–water partition coefficient (Wildman–Crippen LogP) is 1.25. The highest BCUT2D eigenvalue weighted by Gasteiger charge is 2.22. The summed E-state index contributed by atoms with van der Waals surface area (Å²) in [6, 6.07) is 5.64. The quantitative estimate of drug-likeness (QED) is 0.727. The van der Waals surface area contributed by atoms with Crippen molar-refractivity contribution in [1.82, 2.24) is 15.3 Å². The second-order valence-electron chi connectivity index (χ2n) is 4.24. The van der Waals surface area contributed by atoms with Gasteiger partial charge in [0.25, 0.3) is 0 Å². The highest BCUT2D eigenvalue weighted by molar-refractivity contribution is 6.01. The number of rotatable bonds is 2. The van der Waals surface area contributed by atoms with Crippen LogP contribution in [-0.4, -0.2) is 28.5 Å². The van der Waals surface area contributed by atoms with Gasteiger partial charge >= 0.3 is 0 Å². The Balaban J connectivity index is 1.84. The van der Waals surface area contributed by atoms with Crippen LogP contribution in [0.2, 0.25) is 0 Å². The van der Waals surface area contributed by atoms with Crippen molar-refractivity contribution >= 4 is 22.6 Å². The predicted molar refractivity (Wildman–Crippen MR) is 65.7 cm³/mol. The molecule has 0 aliphatic carbocycles. The molecular formula is C12H14N4O. The number of anilines is 1. The SMILES string of the molecule is O=C(Nc1cccc2[nH]cnc12)C1CCCN1. The number of aromatic amines is 1. The van der Waals surface area contributed by atoms with Crippen LogP contribution >= 0.6 is 0 Å². The van der Waals surface area contributed by atoms with Gasteiger partial charge in [-0.2, -0.15) is 0 Å². The molecule has 5 heteroatoms. The third-order valence-electron chi connectivity index (χ3n) is 3.08. The first-order valence-electron chi connectivity index (χ1n) is 5.81. The summed E-state index contributed by atoms with van der Waals surface area (Å²) in [6.07, 6.45) is 3.60. The van der Waals surface area contributed by atoms with E-state index < -0.39 is 0 Å². The summed E-state index contributed by atoms with van der Waals surface area (Å²) < 4.78 is 0. The van der Waals surface area contributed by atoms with Gasteiger partial charge in [0.05, 0.1) is 23.6 Å². The molecule has 0 saturated carbocycles. The standard InChI is InChI=1S/C12H14N4O/c17-12(10-5-2-6-13-10)16-9-4-1-3-8-11(9)15-7-14-8/h1,3-4,7,10,13H,2,5-6H2,(H,14,15)(H,16,17). The summed E-state index contributed by atoms with van der Waals surface area (Å²) in [5.74, 6) is 0.0259. The lowest BCUT2D eigenvalue weighted by atomic mass is 10.2. The lowest BCUT2D eigenvalue weighted by Gasteiger charge is -2.11. The second kappa shape index (κ2) is 4.18. The van der Waals surface area contributed by atoms with Gasteiger partial charge in [-0.05, 0) is 31.5 Å². The van der Waals surface area contributed by atoms with Crippen molar-refractivity contribution in [2.45, 2.75) is 18.9 Å². The number of aromatic nitrogens is 2. The fourth-order valence-corrected chi connectivity index (χ4v) is 2.19. The molecular weight excluding hydrogens is 216 g/mol. The van der Waals surface area contributed by atoms with Crippen molar-refractivity contribution in [3.05, 3.63) is 24.5 Å². The zero-order valence-electron chi connectivity index (χ0n) is 9.36. The molecule has 1 aliphatic heterocycles. The van der Waals surface area contributed by atoms with Crippen molar-refractivity contribution in [2.24, 2.45) is 0 Å². The van der Waals surface area contributed by atoms with Gasteiger partial charge in [0.2, 0.25) is 5.91 Å². The zero-order valence-corrected chi connectivity index (χ0v) is 9.36. The number of nitrogens with zero attached hydrogens (tertiary/aromatic N) is 1. The molecule has 2 heterocycles. The van der Waals surface area contributed by atoms with Crippen molar-refractivity contribution in [3.8, 4) is 0 Å². The fourth-order valence-electron chi connectivity index (χ4n) is 2.19.